The Morgan fingerprint density at radius 2 is 1.76 bits per heavy atom. The zero-order chi connectivity index (χ0) is 20.4. The topological polar surface area (TPSA) is 46.9 Å². The lowest BCUT2D eigenvalue weighted by Gasteiger charge is -2.21. The number of amides is 1. The number of halogens is 3. The molecule has 0 aliphatic rings. The van der Waals surface area contributed by atoms with Crippen molar-refractivity contribution in [2.45, 2.75) is 12.6 Å². The lowest BCUT2D eigenvalue weighted by Crippen LogP contribution is -2.31. The molecule has 4 nitrogen and oxygen atoms in total. The van der Waals surface area contributed by atoms with E-state index in [4.69, 9.17) is 0 Å². The van der Waals surface area contributed by atoms with Crippen LogP contribution in [0.15, 0.2) is 77.5 Å². The minimum atomic E-state index is -0.447. The molecule has 146 valence electrons. The van der Waals surface area contributed by atoms with Gasteiger partial charge < -0.3 is 9.88 Å². The monoisotopic (exact) mass is 455 g/mol. The minimum Gasteiger partial charge on any atom is -0.343 e. The number of carbonyl (C=O) groups is 1. The first-order chi connectivity index (χ1) is 14.0. The van der Waals surface area contributed by atoms with Crippen LogP contribution in [0.1, 0.15) is 22.0 Å². The number of nitrogens with zero attached hydrogens (tertiary/aromatic N) is 2. The summed E-state index contributed by atoms with van der Waals surface area (Å²) in [5.74, 6) is -1.16. The van der Waals surface area contributed by atoms with Gasteiger partial charge in [0, 0.05) is 11.0 Å². The van der Waals surface area contributed by atoms with Gasteiger partial charge in [0.2, 0.25) is 0 Å². The van der Waals surface area contributed by atoms with Gasteiger partial charge in [0.1, 0.15) is 11.6 Å². The molecule has 0 saturated heterocycles. The summed E-state index contributed by atoms with van der Waals surface area (Å²) in [6.07, 6.45) is 1.71. The predicted octanol–water partition coefficient (Wildman–Crippen LogP) is 5.25. The molecule has 0 unspecified atom stereocenters. The van der Waals surface area contributed by atoms with Gasteiger partial charge in [0.05, 0.1) is 29.0 Å². The van der Waals surface area contributed by atoms with Crippen molar-refractivity contribution in [3.8, 4) is 0 Å². The summed E-state index contributed by atoms with van der Waals surface area (Å²) in [7, 11) is 0. The third kappa shape index (κ3) is 4.19. The van der Waals surface area contributed by atoms with E-state index >= 15 is 0 Å². The Hall–Kier alpha value is -3.06. The van der Waals surface area contributed by atoms with E-state index in [0.29, 0.717) is 16.6 Å². The third-order valence-corrected chi connectivity index (χ3v) is 5.32. The number of hydrogen-bond acceptors (Lipinski definition) is 2. The van der Waals surface area contributed by atoms with E-state index in [1.54, 1.807) is 18.5 Å². The summed E-state index contributed by atoms with van der Waals surface area (Å²) in [4.78, 5) is 17.2. The predicted molar refractivity (Wildman–Crippen MR) is 110 cm³/mol. The van der Waals surface area contributed by atoms with E-state index in [2.05, 4.69) is 26.2 Å². The van der Waals surface area contributed by atoms with Crippen LogP contribution >= 0.6 is 15.9 Å². The molecule has 0 aliphatic heterocycles. The molecule has 0 fully saturated rings. The zero-order valence-electron chi connectivity index (χ0n) is 15.1. The number of benzene rings is 3. The molecular weight excluding hydrogens is 440 g/mol. The van der Waals surface area contributed by atoms with Gasteiger partial charge in [0.25, 0.3) is 5.91 Å². The second kappa shape index (κ2) is 8.13. The molecule has 1 N–H and O–H groups in total. The maximum Gasteiger partial charge on any atom is 0.252 e. The van der Waals surface area contributed by atoms with Crippen LogP contribution in [0.3, 0.4) is 0 Å². The molecule has 4 rings (SSSR count). The smallest absolute Gasteiger partial charge is 0.252 e. The quantitative estimate of drug-likeness (QED) is 0.446. The summed E-state index contributed by atoms with van der Waals surface area (Å²) in [5, 5.41) is 2.97. The highest BCUT2D eigenvalue weighted by Crippen LogP contribution is 2.23. The van der Waals surface area contributed by atoms with Crippen molar-refractivity contribution < 1.29 is 13.6 Å². The van der Waals surface area contributed by atoms with Crippen LogP contribution in [-0.2, 0) is 6.54 Å². The normalized spacial score (nSPS) is 12.1. The lowest BCUT2D eigenvalue weighted by atomic mass is 10.1. The van der Waals surface area contributed by atoms with Gasteiger partial charge in [0.15, 0.2) is 0 Å². The fourth-order valence-corrected chi connectivity index (χ4v) is 3.72. The van der Waals surface area contributed by atoms with Crippen molar-refractivity contribution in [1.82, 2.24) is 14.9 Å². The molecule has 1 aromatic heterocycles. The molecule has 0 saturated carbocycles. The summed E-state index contributed by atoms with van der Waals surface area (Å²) < 4.78 is 29.1. The molecule has 7 heteroatoms. The lowest BCUT2D eigenvalue weighted by molar-refractivity contribution is 0.0932. The highest BCUT2D eigenvalue weighted by atomic mass is 79.9. The van der Waals surface area contributed by atoms with Crippen LogP contribution in [-0.4, -0.2) is 15.5 Å². The van der Waals surface area contributed by atoms with Gasteiger partial charge in [-0.1, -0.05) is 24.3 Å². The SMILES string of the molecule is O=C(N[C@@H](Cn1cnc2ccccc21)c1ccc(F)cc1)c1ccc(F)cc1Br. The van der Waals surface area contributed by atoms with Crippen molar-refractivity contribution >= 4 is 32.9 Å². The maximum absolute atomic E-state index is 13.4. The molecule has 1 atom stereocenters. The number of fused-ring (bicyclic) bond motifs is 1. The van der Waals surface area contributed by atoms with E-state index in [0.717, 1.165) is 16.6 Å². The van der Waals surface area contributed by atoms with E-state index in [1.807, 2.05) is 28.8 Å². The molecule has 0 aliphatic carbocycles. The van der Waals surface area contributed by atoms with Crippen molar-refractivity contribution in [3.05, 3.63) is 100 Å². The second-order valence-electron chi connectivity index (χ2n) is 6.59. The minimum absolute atomic E-state index is 0.314. The molecule has 3 aromatic carbocycles. The van der Waals surface area contributed by atoms with Gasteiger partial charge in [-0.3, -0.25) is 4.79 Å². The Labute approximate surface area is 174 Å². The molecule has 1 heterocycles. The Morgan fingerprint density at radius 1 is 1.03 bits per heavy atom. The molecule has 29 heavy (non-hydrogen) atoms. The third-order valence-electron chi connectivity index (χ3n) is 4.66. The van der Waals surface area contributed by atoms with Crippen LogP contribution in [0, 0.1) is 11.6 Å². The number of carbonyl (C=O) groups excluding carboxylic acids is 1. The number of rotatable bonds is 5. The van der Waals surface area contributed by atoms with E-state index in [9.17, 15) is 13.6 Å². The van der Waals surface area contributed by atoms with Crippen molar-refractivity contribution in [3.63, 3.8) is 0 Å². The number of imidazole rings is 1. The van der Waals surface area contributed by atoms with E-state index in [1.165, 1.54) is 30.3 Å². The highest BCUT2D eigenvalue weighted by molar-refractivity contribution is 9.10. The summed E-state index contributed by atoms with van der Waals surface area (Å²) in [6, 6.07) is 17.1. The molecular formula is C22H16BrF2N3O. The Balaban J connectivity index is 1.66. The van der Waals surface area contributed by atoms with Crippen molar-refractivity contribution in [1.29, 1.82) is 0 Å². The summed E-state index contributed by atoms with van der Waals surface area (Å²) >= 11 is 3.23. The zero-order valence-corrected chi connectivity index (χ0v) is 16.7. The van der Waals surface area contributed by atoms with Gasteiger partial charge in [-0.05, 0) is 64.0 Å². The molecule has 1 amide bonds. The first-order valence-corrected chi connectivity index (χ1v) is 9.72. The Kier molecular flexibility index (Phi) is 5.40. The van der Waals surface area contributed by atoms with Crippen LogP contribution in [0.5, 0.6) is 0 Å². The number of nitrogens with one attached hydrogen (secondary N) is 1. The molecule has 4 aromatic rings. The first-order valence-electron chi connectivity index (χ1n) is 8.92. The summed E-state index contributed by atoms with van der Waals surface area (Å²) in [5.41, 5.74) is 2.83. The fraction of sp³-hybridized carbons (Fsp3) is 0.0909. The van der Waals surface area contributed by atoms with Crippen LogP contribution in [0.25, 0.3) is 11.0 Å². The van der Waals surface area contributed by atoms with Crippen molar-refractivity contribution in [2.75, 3.05) is 0 Å². The summed E-state index contributed by atoms with van der Waals surface area (Å²) in [6.45, 7) is 0.400. The van der Waals surface area contributed by atoms with Gasteiger partial charge >= 0.3 is 0 Å². The first kappa shape index (κ1) is 19.3. The Morgan fingerprint density at radius 3 is 2.52 bits per heavy atom. The van der Waals surface area contributed by atoms with E-state index in [-0.39, 0.29) is 11.7 Å². The van der Waals surface area contributed by atoms with Crippen LogP contribution in [0.2, 0.25) is 0 Å². The number of aromatic nitrogens is 2. The average Bonchev–Trinajstić information content (AvgIpc) is 3.11. The standard InChI is InChI=1S/C22H16BrF2N3O/c23-18-11-16(25)9-10-17(18)22(29)27-20(14-5-7-15(24)8-6-14)12-28-13-26-19-3-1-2-4-21(19)28/h1-11,13,20H,12H2,(H,27,29)/t20-/m0/s1. The Bertz CT molecular complexity index is 1170. The number of hydrogen-bond donors (Lipinski definition) is 1. The second-order valence-corrected chi connectivity index (χ2v) is 7.44. The van der Waals surface area contributed by atoms with Gasteiger partial charge in [-0.15, -0.1) is 0 Å². The molecule has 0 spiro atoms. The van der Waals surface area contributed by atoms with Gasteiger partial charge in [-0.25, -0.2) is 13.8 Å². The highest BCUT2D eigenvalue weighted by Gasteiger charge is 2.19. The van der Waals surface area contributed by atoms with Crippen molar-refractivity contribution in [2.24, 2.45) is 0 Å². The molecule has 0 radical (unpaired) electrons. The van der Waals surface area contributed by atoms with Gasteiger partial charge in [-0.2, -0.15) is 0 Å². The van der Waals surface area contributed by atoms with E-state index < -0.39 is 11.9 Å². The largest absolute Gasteiger partial charge is 0.343 e. The maximum atomic E-state index is 13.4. The molecule has 0 bridgehead atoms. The van der Waals surface area contributed by atoms with Crippen LogP contribution in [0.4, 0.5) is 8.78 Å². The fourth-order valence-electron chi connectivity index (χ4n) is 3.19. The average molecular weight is 456 g/mol. The number of para-hydroxylation sites is 2. The van der Waals surface area contributed by atoms with Crippen LogP contribution < -0.4 is 5.32 Å².